The summed E-state index contributed by atoms with van der Waals surface area (Å²) in [7, 11) is 0. The fourth-order valence-electron chi connectivity index (χ4n) is 3.85. The molecule has 6 heteroatoms. The Kier molecular flexibility index (Phi) is 3.31. The van der Waals surface area contributed by atoms with E-state index in [4.69, 9.17) is 4.74 Å². The molecule has 4 rings (SSSR count). The summed E-state index contributed by atoms with van der Waals surface area (Å²) < 4.78 is 6.15. The maximum atomic E-state index is 6.15. The molecule has 3 N–H and O–H groups in total. The number of fused-ring (bicyclic) bond motifs is 1. The number of aryl methyl sites for hydroxylation is 2. The van der Waals surface area contributed by atoms with Gasteiger partial charge in [0.15, 0.2) is 11.5 Å². The summed E-state index contributed by atoms with van der Waals surface area (Å²) in [6, 6.07) is 2.42. The van der Waals surface area contributed by atoms with Crippen molar-refractivity contribution in [3.05, 3.63) is 17.3 Å². The lowest BCUT2D eigenvalue weighted by Gasteiger charge is -2.32. The Bertz CT molecular complexity index is 689. The molecule has 2 aromatic heterocycles. The Morgan fingerprint density at radius 3 is 2.95 bits per heavy atom. The highest BCUT2D eigenvalue weighted by molar-refractivity contribution is 5.90. The van der Waals surface area contributed by atoms with Crippen LogP contribution in [0.1, 0.15) is 30.5 Å². The Hall–Kier alpha value is -1.66. The van der Waals surface area contributed by atoms with Crippen LogP contribution in [0.15, 0.2) is 6.07 Å². The molecular formula is C16H23N5O. The third-order valence-corrected chi connectivity index (χ3v) is 4.92. The first-order chi connectivity index (χ1) is 10.7. The molecule has 0 bridgehead atoms. The van der Waals surface area contributed by atoms with E-state index in [1.807, 2.05) is 6.92 Å². The smallest absolute Gasteiger partial charge is 0.157 e. The first-order valence-corrected chi connectivity index (χ1v) is 8.09. The highest BCUT2D eigenvalue weighted by Gasteiger charge is 2.41. The molecule has 2 aromatic rings. The van der Waals surface area contributed by atoms with Crippen LogP contribution in [0.5, 0.6) is 0 Å². The van der Waals surface area contributed by atoms with Crippen LogP contribution in [0.25, 0.3) is 11.0 Å². The van der Waals surface area contributed by atoms with Crippen molar-refractivity contribution in [1.29, 1.82) is 0 Å². The number of piperidine rings is 1. The first kappa shape index (κ1) is 14.0. The van der Waals surface area contributed by atoms with Crippen molar-refractivity contribution in [3.63, 3.8) is 0 Å². The number of pyridine rings is 1. The van der Waals surface area contributed by atoms with Crippen LogP contribution < -0.4 is 10.6 Å². The zero-order valence-electron chi connectivity index (χ0n) is 13.2. The van der Waals surface area contributed by atoms with Gasteiger partial charge in [0, 0.05) is 5.69 Å². The normalized spacial score (nSPS) is 24.2. The third kappa shape index (κ3) is 2.36. The molecule has 4 heterocycles. The Balaban J connectivity index is 1.55. The van der Waals surface area contributed by atoms with Gasteiger partial charge in [0.1, 0.15) is 0 Å². The topological polar surface area (TPSA) is 74.9 Å². The van der Waals surface area contributed by atoms with E-state index in [2.05, 4.69) is 38.8 Å². The largest absolute Gasteiger partial charge is 0.373 e. The number of H-pyrrole nitrogens is 1. The van der Waals surface area contributed by atoms with Crippen molar-refractivity contribution in [2.75, 3.05) is 25.0 Å². The van der Waals surface area contributed by atoms with Gasteiger partial charge in [-0.1, -0.05) is 0 Å². The van der Waals surface area contributed by atoms with Crippen LogP contribution in [0.2, 0.25) is 0 Å². The number of hydrogen-bond acceptors (Lipinski definition) is 5. The van der Waals surface area contributed by atoms with E-state index >= 15 is 0 Å². The number of rotatable bonds is 2. The van der Waals surface area contributed by atoms with Gasteiger partial charge in [-0.05, 0) is 57.8 Å². The molecule has 2 aliphatic rings. The van der Waals surface area contributed by atoms with Crippen molar-refractivity contribution in [2.24, 2.45) is 0 Å². The lowest BCUT2D eigenvalue weighted by molar-refractivity contribution is -0.0192. The summed E-state index contributed by atoms with van der Waals surface area (Å²) in [6.07, 6.45) is 3.26. The van der Waals surface area contributed by atoms with Gasteiger partial charge in [0.25, 0.3) is 0 Å². The van der Waals surface area contributed by atoms with Gasteiger partial charge < -0.3 is 15.4 Å². The zero-order chi connectivity index (χ0) is 15.2. The Morgan fingerprint density at radius 1 is 1.32 bits per heavy atom. The number of nitrogens with zero attached hydrogens (tertiary/aromatic N) is 2. The van der Waals surface area contributed by atoms with E-state index in [0.29, 0.717) is 6.04 Å². The van der Waals surface area contributed by atoms with E-state index in [-0.39, 0.29) is 5.60 Å². The summed E-state index contributed by atoms with van der Waals surface area (Å²) >= 11 is 0. The molecule has 2 saturated heterocycles. The van der Waals surface area contributed by atoms with Crippen LogP contribution in [-0.4, -0.2) is 46.5 Å². The van der Waals surface area contributed by atoms with E-state index in [0.717, 1.165) is 61.5 Å². The number of hydrogen-bond donors (Lipinski definition) is 3. The summed E-state index contributed by atoms with van der Waals surface area (Å²) in [5.74, 6) is 0.902. The summed E-state index contributed by atoms with van der Waals surface area (Å²) in [5, 5.41) is 15.5. The average molecular weight is 301 g/mol. The first-order valence-electron chi connectivity index (χ1n) is 8.09. The molecule has 0 aliphatic carbocycles. The van der Waals surface area contributed by atoms with Crippen molar-refractivity contribution in [2.45, 2.75) is 44.8 Å². The molecule has 22 heavy (non-hydrogen) atoms. The monoisotopic (exact) mass is 301 g/mol. The Labute approximate surface area is 130 Å². The minimum atomic E-state index is 0.0684. The van der Waals surface area contributed by atoms with Gasteiger partial charge in [0.05, 0.1) is 23.6 Å². The molecule has 1 spiro atoms. The molecule has 1 atom stereocenters. The molecule has 0 amide bonds. The highest BCUT2D eigenvalue weighted by atomic mass is 16.5. The summed E-state index contributed by atoms with van der Waals surface area (Å²) in [5.41, 5.74) is 3.14. The lowest BCUT2D eigenvalue weighted by atomic mass is 9.88. The van der Waals surface area contributed by atoms with Crippen LogP contribution in [-0.2, 0) is 4.74 Å². The fourth-order valence-corrected chi connectivity index (χ4v) is 3.85. The van der Waals surface area contributed by atoms with E-state index in [1.165, 1.54) is 5.56 Å². The van der Waals surface area contributed by atoms with E-state index in [9.17, 15) is 0 Å². The quantitative estimate of drug-likeness (QED) is 0.790. The van der Waals surface area contributed by atoms with Crippen molar-refractivity contribution in [1.82, 2.24) is 20.5 Å². The average Bonchev–Trinajstić information content (AvgIpc) is 3.05. The van der Waals surface area contributed by atoms with Gasteiger partial charge in [-0.15, -0.1) is 0 Å². The lowest BCUT2D eigenvalue weighted by Crippen LogP contribution is -2.41. The van der Waals surface area contributed by atoms with E-state index in [1.54, 1.807) is 0 Å². The van der Waals surface area contributed by atoms with Crippen LogP contribution >= 0.6 is 0 Å². The molecule has 0 aromatic carbocycles. The molecule has 6 nitrogen and oxygen atoms in total. The molecule has 2 fully saturated rings. The fraction of sp³-hybridized carbons (Fsp3) is 0.625. The number of nitrogens with one attached hydrogen (secondary N) is 3. The second kappa shape index (κ2) is 5.21. The maximum Gasteiger partial charge on any atom is 0.157 e. The van der Waals surface area contributed by atoms with E-state index < -0.39 is 0 Å². The van der Waals surface area contributed by atoms with Gasteiger partial charge in [-0.3, -0.25) is 5.10 Å². The maximum absolute atomic E-state index is 6.15. The molecule has 2 aliphatic heterocycles. The minimum absolute atomic E-state index is 0.0684. The predicted molar refractivity (Wildman–Crippen MR) is 86.2 cm³/mol. The molecule has 0 radical (unpaired) electrons. The number of aromatic nitrogens is 3. The number of ether oxygens (including phenoxy) is 1. The Morgan fingerprint density at radius 2 is 2.14 bits per heavy atom. The number of anilines is 1. The SMILES string of the molecule is Cc1cc(C)c2c(N[C@H]3COC4(CCNCC4)C3)n[nH]c2n1. The second-order valence-electron chi connectivity index (χ2n) is 6.67. The van der Waals surface area contributed by atoms with Gasteiger partial charge in [-0.2, -0.15) is 5.10 Å². The standard InChI is InChI=1S/C16H23N5O/c1-10-7-11(2)18-14-13(10)15(21-20-14)19-12-8-16(22-9-12)3-5-17-6-4-16/h7,12,17H,3-6,8-9H2,1-2H3,(H2,18,19,20,21)/t12-/m1/s1. The van der Waals surface area contributed by atoms with Gasteiger partial charge in [-0.25, -0.2) is 4.98 Å². The van der Waals surface area contributed by atoms with Crippen molar-refractivity contribution < 1.29 is 4.74 Å². The third-order valence-electron chi connectivity index (χ3n) is 4.92. The number of aromatic amines is 1. The zero-order valence-corrected chi connectivity index (χ0v) is 13.2. The summed E-state index contributed by atoms with van der Waals surface area (Å²) in [4.78, 5) is 4.52. The van der Waals surface area contributed by atoms with Crippen LogP contribution in [0, 0.1) is 13.8 Å². The molecular weight excluding hydrogens is 278 g/mol. The molecule has 0 saturated carbocycles. The van der Waals surface area contributed by atoms with Gasteiger partial charge >= 0.3 is 0 Å². The van der Waals surface area contributed by atoms with Crippen molar-refractivity contribution in [3.8, 4) is 0 Å². The minimum Gasteiger partial charge on any atom is -0.373 e. The summed E-state index contributed by atoms with van der Waals surface area (Å²) in [6.45, 7) is 6.98. The van der Waals surface area contributed by atoms with Crippen molar-refractivity contribution >= 4 is 16.9 Å². The molecule has 118 valence electrons. The van der Waals surface area contributed by atoms with Gasteiger partial charge in [0.2, 0.25) is 0 Å². The predicted octanol–water partition coefficient (Wildman–Crippen LogP) is 1.90. The molecule has 0 unspecified atom stereocenters. The highest BCUT2D eigenvalue weighted by Crippen LogP contribution is 2.35. The second-order valence-corrected chi connectivity index (χ2v) is 6.67. The van der Waals surface area contributed by atoms with Crippen LogP contribution in [0.3, 0.4) is 0 Å². The van der Waals surface area contributed by atoms with Crippen LogP contribution in [0.4, 0.5) is 5.82 Å².